The minimum absolute atomic E-state index is 0.0926. The molecule has 1 unspecified atom stereocenters. The van der Waals surface area contributed by atoms with Crippen LogP contribution in [0.3, 0.4) is 0 Å². The standard InChI is InChI=1S/C22H18O/c1-15-14-17-10-7-13-20(21(17)22(15)23)19-12-6-5-11-18(19)16-8-3-2-4-9-16/h2-13,15H,14H2,1H3. The van der Waals surface area contributed by atoms with Crippen molar-refractivity contribution >= 4 is 5.78 Å². The molecule has 3 aromatic rings. The molecule has 0 aromatic heterocycles. The summed E-state index contributed by atoms with van der Waals surface area (Å²) in [6.07, 6.45) is 0.857. The lowest BCUT2D eigenvalue weighted by atomic mass is 9.90. The summed E-state index contributed by atoms with van der Waals surface area (Å²) < 4.78 is 0. The van der Waals surface area contributed by atoms with Gasteiger partial charge in [-0.3, -0.25) is 4.79 Å². The summed E-state index contributed by atoms with van der Waals surface area (Å²) in [5.41, 5.74) is 6.66. The number of Topliss-reactive ketones (excluding diaryl/α,β-unsaturated/α-hetero) is 1. The molecular weight excluding hydrogens is 280 g/mol. The summed E-state index contributed by atoms with van der Waals surface area (Å²) in [6, 6.07) is 25.0. The van der Waals surface area contributed by atoms with Crippen molar-refractivity contribution in [2.24, 2.45) is 5.92 Å². The summed E-state index contributed by atoms with van der Waals surface area (Å²) >= 11 is 0. The molecule has 112 valence electrons. The van der Waals surface area contributed by atoms with Crippen molar-refractivity contribution in [1.29, 1.82) is 0 Å². The van der Waals surface area contributed by atoms with Gasteiger partial charge >= 0.3 is 0 Å². The smallest absolute Gasteiger partial charge is 0.166 e. The summed E-state index contributed by atoms with van der Waals surface area (Å²) in [5.74, 6) is 0.369. The Kier molecular flexibility index (Phi) is 3.34. The van der Waals surface area contributed by atoms with Crippen LogP contribution in [0.1, 0.15) is 22.8 Å². The Bertz CT molecular complexity index is 877. The first-order valence-corrected chi connectivity index (χ1v) is 8.06. The highest BCUT2D eigenvalue weighted by molar-refractivity contribution is 6.08. The number of hydrogen-bond acceptors (Lipinski definition) is 1. The molecule has 0 N–H and O–H groups in total. The average Bonchev–Trinajstić information content (AvgIpc) is 2.90. The van der Waals surface area contributed by atoms with Crippen LogP contribution < -0.4 is 0 Å². The molecule has 0 heterocycles. The van der Waals surface area contributed by atoms with Crippen molar-refractivity contribution in [2.45, 2.75) is 13.3 Å². The molecule has 1 aliphatic rings. The number of benzene rings is 3. The normalized spacial score (nSPS) is 16.4. The van der Waals surface area contributed by atoms with Gasteiger partial charge in [0.1, 0.15) is 0 Å². The first-order valence-electron chi connectivity index (χ1n) is 8.06. The summed E-state index contributed by atoms with van der Waals surface area (Å²) in [5, 5.41) is 0. The topological polar surface area (TPSA) is 17.1 Å². The third-order valence-electron chi connectivity index (χ3n) is 4.67. The van der Waals surface area contributed by atoms with Gasteiger partial charge in [-0.15, -0.1) is 0 Å². The van der Waals surface area contributed by atoms with E-state index in [1.165, 1.54) is 16.7 Å². The fraction of sp³-hybridized carbons (Fsp3) is 0.136. The first kappa shape index (κ1) is 14.0. The molecule has 0 bridgehead atoms. The molecule has 1 heteroatoms. The number of carbonyl (C=O) groups is 1. The molecule has 0 saturated heterocycles. The fourth-order valence-corrected chi connectivity index (χ4v) is 3.54. The van der Waals surface area contributed by atoms with Gasteiger partial charge in [0.15, 0.2) is 5.78 Å². The molecule has 1 atom stereocenters. The van der Waals surface area contributed by atoms with Gasteiger partial charge in [-0.1, -0.05) is 79.7 Å². The molecule has 0 fully saturated rings. The summed E-state index contributed by atoms with van der Waals surface area (Å²) in [6.45, 7) is 2.02. The number of carbonyl (C=O) groups excluding carboxylic acids is 1. The zero-order chi connectivity index (χ0) is 15.8. The summed E-state index contributed by atoms with van der Waals surface area (Å²) in [4.78, 5) is 12.6. The summed E-state index contributed by atoms with van der Waals surface area (Å²) in [7, 11) is 0. The zero-order valence-electron chi connectivity index (χ0n) is 13.1. The minimum Gasteiger partial charge on any atom is -0.294 e. The Morgan fingerprint density at radius 2 is 1.39 bits per heavy atom. The van der Waals surface area contributed by atoms with Crippen LogP contribution in [0, 0.1) is 5.92 Å². The van der Waals surface area contributed by atoms with E-state index in [2.05, 4.69) is 60.7 Å². The third-order valence-corrected chi connectivity index (χ3v) is 4.67. The average molecular weight is 298 g/mol. The minimum atomic E-state index is 0.0926. The van der Waals surface area contributed by atoms with E-state index in [9.17, 15) is 4.79 Å². The van der Waals surface area contributed by atoms with Gasteiger partial charge in [0.2, 0.25) is 0 Å². The Morgan fingerprint density at radius 1 is 0.739 bits per heavy atom. The third kappa shape index (κ3) is 2.29. The van der Waals surface area contributed by atoms with Gasteiger partial charge in [-0.25, -0.2) is 0 Å². The van der Waals surface area contributed by atoms with Crippen LogP contribution in [0.15, 0.2) is 72.8 Å². The second-order valence-corrected chi connectivity index (χ2v) is 6.22. The van der Waals surface area contributed by atoms with E-state index in [0.717, 1.165) is 23.1 Å². The van der Waals surface area contributed by atoms with Gasteiger partial charge in [0, 0.05) is 11.5 Å². The maximum absolute atomic E-state index is 12.6. The molecule has 0 radical (unpaired) electrons. The van der Waals surface area contributed by atoms with Crippen molar-refractivity contribution in [2.75, 3.05) is 0 Å². The molecule has 1 nitrogen and oxygen atoms in total. The second kappa shape index (κ2) is 5.51. The van der Waals surface area contributed by atoms with Crippen LogP contribution in [0.5, 0.6) is 0 Å². The SMILES string of the molecule is CC1Cc2cccc(-c3ccccc3-c3ccccc3)c2C1=O. The molecule has 23 heavy (non-hydrogen) atoms. The molecule has 0 spiro atoms. The molecule has 0 aliphatic heterocycles. The van der Waals surface area contributed by atoms with Gasteiger partial charge in [-0.05, 0) is 34.2 Å². The van der Waals surface area contributed by atoms with Crippen LogP contribution in [0.2, 0.25) is 0 Å². The van der Waals surface area contributed by atoms with Crippen molar-refractivity contribution in [3.63, 3.8) is 0 Å². The fourth-order valence-electron chi connectivity index (χ4n) is 3.54. The van der Waals surface area contributed by atoms with Crippen LogP contribution >= 0.6 is 0 Å². The van der Waals surface area contributed by atoms with E-state index in [-0.39, 0.29) is 11.7 Å². The van der Waals surface area contributed by atoms with Gasteiger partial charge < -0.3 is 0 Å². The highest BCUT2D eigenvalue weighted by Gasteiger charge is 2.29. The number of hydrogen-bond donors (Lipinski definition) is 0. The lowest BCUT2D eigenvalue weighted by Gasteiger charge is -2.13. The van der Waals surface area contributed by atoms with Crippen molar-refractivity contribution in [1.82, 2.24) is 0 Å². The van der Waals surface area contributed by atoms with E-state index in [1.807, 2.05) is 19.1 Å². The molecule has 4 rings (SSSR count). The van der Waals surface area contributed by atoms with E-state index in [0.29, 0.717) is 0 Å². The highest BCUT2D eigenvalue weighted by Crippen LogP contribution is 2.39. The van der Waals surface area contributed by atoms with Crippen LogP contribution in [0.25, 0.3) is 22.3 Å². The Labute approximate surface area is 136 Å². The number of ketones is 1. The van der Waals surface area contributed by atoms with E-state index in [4.69, 9.17) is 0 Å². The first-order chi connectivity index (χ1) is 11.3. The predicted molar refractivity (Wildman–Crippen MR) is 94.5 cm³/mol. The van der Waals surface area contributed by atoms with Crippen molar-refractivity contribution in [3.8, 4) is 22.3 Å². The maximum Gasteiger partial charge on any atom is 0.166 e. The monoisotopic (exact) mass is 298 g/mol. The van der Waals surface area contributed by atoms with Crippen LogP contribution in [0.4, 0.5) is 0 Å². The van der Waals surface area contributed by atoms with E-state index >= 15 is 0 Å². The van der Waals surface area contributed by atoms with E-state index in [1.54, 1.807) is 0 Å². The van der Waals surface area contributed by atoms with Gasteiger partial charge in [0.25, 0.3) is 0 Å². The second-order valence-electron chi connectivity index (χ2n) is 6.22. The van der Waals surface area contributed by atoms with Crippen LogP contribution in [-0.2, 0) is 6.42 Å². The number of rotatable bonds is 2. The maximum atomic E-state index is 12.6. The zero-order valence-corrected chi connectivity index (χ0v) is 13.1. The lowest BCUT2D eigenvalue weighted by molar-refractivity contribution is 0.0947. The molecule has 3 aromatic carbocycles. The highest BCUT2D eigenvalue weighted by atomic mass is 16.1. The van der Waals surface area contributed by atoms with Crippen molar-refractivity contribution in [3.05, 3.63) is 83.9 Å². The van der Waals surface area contributed by atoms with Crippen molar-refractivity contribution < 1.29 is 4.79 Å². The Morgan fingerprint density at radius 3 is 2.17 bits per heavy atom. The molecule has 1 aliphatic carbocycles. The quantitative estimate of drug-likeness (QED) is 0.619. The van der Waals surface area contributed by atoms with Crippen LogP contribution in [-0.4, -0.2) is 5.78 Å². The molecule has 0 amide bonds. The Balaban J connectivity index is 1.95. The van der Waals surface area contributed by atoms with E-state index < -0.39 is 0 Å². The largest absolute Gasteiger partial charge is 0.294 e. The van der Waals surface area contributed by atoms with Gasteiger partial charge in [-0.2, -0.15) is 0 Å². The number of fused-ring (bicyclic) bond motifs is 1. The lowest BCUT2D eigenvalue weighted by Crippen LogP contribution is -2.04. The molecular formula is C22H18O. The predicted octanol–water partition coefficient (Wildman–Crippen LogP) is 5.40. The molecule has 0 saturated carbocycles. The van der Waals surface area contributed by atoms with Gasteiger partial charge in [0.05, 0.1) is 0 Å². The Hall–Kier alpha value is -2.67.